The second-order valence-corrected chi connectivity index (χ2v) is 4.16. The molecule has 0 saturated heterocycles. The monoisotopic (exact) mass is 260 g/mol. The second kappa shape index (κ2) is 6.72. The number of nitrogens with one attached hydrogen (secondary N) is 1. The molecule has 0 amide bonds. The Morgan fingerprint density at radius 2 is 1.60 bits per heavy atom. The van der Waals surface area contributed by atoms with E-state index in [2.05, 4.69) is 10.3 Å². The molecule has 0 fully saturated rings. The van der Waals surface area contributed by atoms with Gasteiger partial charge < -0.3 is 5.32 Å². The smallest absolute Gasteiger partial charge is 0.145 e. The van der Waals surface area contributed by atoms with Crippen molar-refractivity contribution in [3.8, 4) is 12.1 Å². The molecular weight excluding hydrogens is 248 g/mol. The Bertz CT molecular complexity index is 657. The van der Waals surface area contributed by atoms with Crippen LogP contribution in [0.4, 0.5) is 5.69 Å². The van der Waals surface area contributed by atoms with Crippen molar-refractivity contribution in [3.63, 3.8) is 0 Å². The summed E-state index contributed by atoms with van der Waals surface area (Å²) in [5, 5.41) is 20.2. The number of hydrogen-bond acceptors (Lipinski definition) is 4. The Morgan fingerprint density at radius 1 is 1.00 bits per heavy atom. The van der Waals surface area contributed by atoms with Gasteiger partial charge in [0.15, 0.2) is 0 Å². The minimum absolute atomic E-state index is 0.0471. The first-order valence-electron chi connectivity index (χ1n) is 6.06. The van der Waals surface area contributed by atoms with Gasteiger partial charge in [-0.2, -0.15) is 10.5 Å². The molecule has 0 bridgehead atoms. The predicted molar refractivity (Wildman–Crippen MR) is 76.4 cm³/mol. The average Bonchev–Trinajstić information content (AvgIpc) is 2.51. The molecule has 1 aromatic carbocycles. The summed E-state index contributed by atoms with van der Waals surface area (Å²) < 4.78 is 0. The molecule has 0 radical (unpaired) electrons. The summed E-state index contributed by atoms with van der Waals surface area (Å²) >= 11 is 0. The highest BCUT2D eigenvalue weighted by molar-refractivity contribution is 5.50. The minimum Gasteiger partial charge on any atom is -0.360 e. The van der Waals surface area contributed by atoms with E-state index in [0.717, 1.165) is 12.1 Å². The van der Waals surface area contributed by atoms with Crippen LogP contribution >= 0.6 is 0 Å². The molecule has 0 atom stereocenters. The molecule has 1 aromatic heterocycles. The first kappa shape index (κ1) is 13.3. The molecular formula is C16H12N4. The van der Waals surface area contributed by atoms with Crippen molar-refractivity contribution in [2.45, 2.75) is 6.42 Å². The van der Waals surface area contributed by atoms with Crippen molar-refractivity contribution < 1.29 is 0 Å². The topological polar surface area (TPSA) is 72.5 Å². The van der Waals surface area contributed by atoms with Gasteiger partial charge in [-0.25, -0.2) is 0 Å². The zero-order chi connectivity index (χ0) is 14.2. The van der Waals surface area contributed by atoms with Crippen molar-refractivity contribution in [1.82, 2.24) is 4.98 Å². The molecule has 1 heterocycles. The summed E-state index contributed by atoms with van der Waals surface area (Å²) in [7, 11) is 0. The van der Waals surface area contributed by atoms with Crippen molar-refractivity contribution in [2.75, 3.05) is 5.32 Å². The molecule has 0 aliphatic heterocycles. The molecule has 0 aliphatic rings. The zero-order valence-corrected chi connectivity index (χ0v) is 10.7. The van der Waals surface area contributed by atoms with Crippen LogP contribution in [0.1, 0.15) is 11.1 Å². The van der Waals surface area contributed by atoms with E-state index in [1.807, 2.05) is 36.4 Å². The fourth-order valence-corrected chi connectivity index (χ4v) is 1.70. The molecule has 2 aromatic rings. The number of nitrogens with zero attached hydrogens (tertiary/aromatic N) is 3. The highest BCUT2D eigenvalue weighted by atomic mass is 14.8. The Kier molecular flexibility index (Phi) is 4.48. The Balaban J connectivity index is 2.02. The van der Waals surface area contributed by atoms with E-state index in [9.17, 15) is 0 Å². The SMILES string of the molecule is N#CC(C#N)=CNc1ccc(Cc2ccncc2)cc1. The highest BCUT2D eigenvalue weighted by Crippen LogP contribution is 2.13. The fourth-order valence-electron chi connectivity index (χ4n) is 1.70. The lowest BCUT2D eigenvalue weighted by atomic mass is 10.1. The van der Waals surface area contributed by atoms with Gasteiger partial charge in [0.2, 0.25) is 0 Å². The molecule has 96 valence electrons. The Hall–Kier alpha value is -3.11. The number of allylic oxidation sites excluding steroid dienone is 1. The van der Waals surface area contributed by atoms with Gasteiger partial charge >= 0.3 is 0 Å². The third-order valence-corrected chi connectivity index (χ3v) is 2.74. The van der Waals surface area contributed by atoms with Crippen molar-refractivity contribution in [1.29, 1.82) is 10.5 Å². The van der Waals surface area contributed by atoms with E-state index >= 15 is 0 Å². The third kappa shape index (κ3) is 3.69. The molecule has 0 aliphatic carbocycles. The van der Waals surface area contributed by atoms with E-state index in [0.29, 0.717) is 0 Å². The van der Waals surface area contributed by atoms with Gasteiger partial charge in [-0.1, -0.05) is 12.1 Å². The van der Waals surface area contributed by atoms with Crippen LogP contribution in [0.25, 0.3) is 0 Å². The maximum absolute atomic E-state index is 8.63. The van der Waals surface area contributed by atoms with Crippen LogP contribution in [-0.4, -0.2) is 4.98 Å². The normalized spacial score (nSPS) is 9.10. The minimum atomic E-state index is 0.0471. The van der Waals surface area contributed by atoms with Gasteiger partial charge in [0.05, 0.1) is 0 Å². The van der Waals surface area contributed by atoms with Gasteiger partial charge in [-0.3, -0.25) is 4.98 Å². The van der Waals surface area contributed by atoms with Crippen molar-refractivity contribution in [2.24, 2.45) is 0 Å². The van der Waals surface area contributed by atoms with Crippen LogP contribution in [-0.2, 0) is 6.42 Å². The van der Waals surface area contributed by atoms with E-state index in [1.54, 1.807) is 24.5 Å². The lowest BCUT2D eigenvalue weighted by molar-refractivity contribution is 1.16. The van der Waals surface area contributed by atoms with E-state index in [4.69, 9.17) is 10.5 Å². The summed E-state index contributed by atoms with van der Waals surface area (Å²) in [6, 6.07) is 15.4. The van der Waals surface area contributed by atoms with Gasteiger partial charge in [-0.15, -0.1) is 0 Å². The molecule has 0 saturated carbocycles. The lowest BCUT2D eigenvalue weighted by Gasteiger charge is -2.04. The van der Waals surface area contributed by atoms with Crippen LogP contribution in [0.5, 0.6) is 0 Å². The van der Waals surface area contributed by atoms with Crippen LogP contribution in [0.2, 0.25) is 0 Å². The number of anilines is 1. The van der Waals surface area contributed by atoms with Crippen LogP contribution in [0.15, 0.2) is 60.6 Å². The summed E-state index contributed by atoms with van der Waals surface area (Å²) in [6.07, 6.45) is 5.81. The second-order valence-electron chi connectivity index (χ2n) is 4.16. The predicted octanol–water partition coefficient (Wildman–Crippen LogP) is 3.02. The van der Waals surface area contributed by atoms with E-state index < -0.39 is 0 Å². The largest absolute Gasteiger partial charge is 0.360 e. The van der Waals surface area contributed by atoms with Crippen molar-refractivity contribution >= 4 is 5.69 Å². The maximum Gasteiger partial charge on any atom is 0.145 e. The number of nitriles is 2. The lowest BCUT2D eigenvalue weighted by Crippen LogP contribution is -1.92. The number of rotatable bonds is 4. The zero-order valence-electron chi connectivity index (χ0n) is 10.7. The number of aromatic nitrogens is 1. The van der Waals surface area contributed by atoms with E-state index in [1.165, 1.54) is 17.3 Å². The van der Waals surface area contributed by atoms with Crippen LogP contribution < -0.4 is 5.32 Å². The first-order valence-corrected chi connectivity index (χ1v) is 6.06. The third-order valence-electron chi connectivity index (χ3n) is 2.74. The van der Waals surface area contributed by atoms with Gasteiger partial charge in [0.1, 0.15) is 17.7 Å². The Morgan fingerprint density at radius 3 is 2.20 bits per heavy atom. The quantitative estimate of drug-likeness (QED) is 0.857. The van der Waals surface area contributed by atoms with E-state index in [-0.39, 0.29) is 5.57 Å². The van der Waals surface area contributed by atoms with Gasteiger partial charge in [0, 0.05) is 24.3 Å². The number of hydrogen-bond donors (Lipinski definition) is 1. The molecule has 1 N–H and O–H groups in total. The summed E-state index contributed by atoms with van der Waals surface area (Å²) in [5.74, 6) is 0. The summed E-state index contributed by atoms with van der Waals surface area (Å²) in [5.41, 5.74) is 3.28. The average molecular weight is 260 g/mol. The molecule has 4 heteroatoms. The van der Waals surface area contributed by atoms with Crippen molar-refractivity contribution in [3.05, 3.63) is 71.7 Å². The first-order chi connectivity index (χ1) is 9.81. The standard InChI is InChI=1S/C16H12N4/c17-10-15(11-18)12-20-16-3-1-13(2-4-16)9-14-5-7-19-8-6-14/h1-8,12,20H,9H2. The maximum atomic E-state index is 8.63. The summed E-state index contributed by atoms with van der Waals surface area (Å²) in [4.78, 5) is 3.99. The van der Waals surface area contributed by atoms with Gasteiger partial charge in [0.25, 0.3) is 0 Å². The van der Waals surface area contributed by atoms with Gasteiger partial charge in [-0.05, 0) is 41.8 Å². The Labute approximate surface area is 117 Å². The molecule has 2 rings (SSSR count). The molecule has 0 unspecified atom stereocenters. The number of pyridine rings is 1. The van der Waals surface area contributed by atoms with Crippen LogP contribution in [0.3, 0.4) is 0 Å². The fraction of sp³-hybridized carbons (Fsp3) is 0.0625. The molecule has 0 spiro atoms. The molecule has 4 nitrogen and oxygen atoms in total. The van der Waals surface area contributed by atoms with Crippen LogP contribution in [0, 0.1) is 22.7 Å². The summed E-state index contributed by atoms with van der Waals surface area (Å²) in [6.45, 7) is 0. The highest BCUT2D eigenvalue weighted by Gasteiger charge is 1.97. The molecule has 20 heavy (non-hydrogen) atoms. The number of benzene rings is 1.